The van der Waals surface area contributed by atoms with E-state index in [1.54, 1.807) is 11.3 Å². The third-order valence-electron chi connectivity index (χ3n) is 1.76. The predicted octanol–water partition coefficient (Wildman–Crippen LogP) is 2.51. The second kappa shape index (κ2) is 5.27. The van der Waals surface area contributed by atoms with Crippen LogP contribution in [0, 0.1) is 6.92 Å². The zero-order chi connectivity index (χ0) is 8.81. The predicted molar refractivity (Wildman–Crippen MR) is 51.4 cm³/mol. The van der Waals surface area contributed by atoms with Gasteiger partial charge in [0.25, 0.3) is 0 Å². The molecule has 1 heterocycles. The van der Waals surface area contributed by atoms with Crippen LogP contribution >= 0.6 is 11.3 Å². The molecular formula is C9H14FNS. The van der Waals surface area contributed by atoms with Crippen LogP contribution in [0.1, 0.15) is 17.5 Å². The van der Waals surface area contributed by atoms with Gasteiger partial charge in [0.15, 0.2) is 0 Å². The van der Waals surface area contributed by atoms with Crippen LogP contribution in [0.3, 0.4) is 0 Å². The summed E-state index contributed by atoms with van der Waals surface area (Å²) in [4.78, 5) is 0. The molecule has 0 aliphatic heterocycles. The summed E-state index contributed by atoms with van der Waals surface area (Å²) < 4.78 is 11.7. The highest BCUT2D eigenvalue weighted by Gasteiger charge is 1.97. The van der Waals surface area contributed by atoms with Gasteiger partial charge in [-0.3, -0.25) is 4.39 Å². The molecule has 1 rings (SSSR count). The summed E-state index contributed by atoms with van der Waals surface area (Å²) >= 11 is 1.72. The second-order valence-corrected chi connectivity index (χ2v) is 3.54. The number of rotatable bonds is 5. The smallest absolute Gasteiger partial charge is 0.0906 e. The molecule has 1 aromatic rings. The Morgan fingerprint density at radius 3 is 2.92 bits per heavy atom. The van der Waals surface area contributed by atoms with Crippen LogP contribution in [0.15, 0.2) is 10.8 Å². The standard InChI is InChI=1S/C9H14FNS/c1-8-6-12-7-9(8)5-11-4-2-3-10/h6-7,11H,2-5H2,1H3. The first-order valence-electron chi connectivity index (χ1n) is 4.13. The minimum atomic E-state index is -0.227. The molecular weight excluding hydrogens is 173 g/mol. The molecule has 0 aromatic carbocycles. The van der Waals surface area contributed by atoms with Gasteiger partial charge >= 0.3 is 0 Å². The van der Waals surface area contributed by atoms with Crippen LogP contribution in [0.25, 0.3) is 0 Å². The largest absolute Gasteiger partial charge is 0.313 e. The Morgan fingerprint density at radius 2 is 2.33 bits per heavy atom. The maximum Gasteiger partial charge on any atom is 0.0906 e. The summed E-state index contributed by atoms with van der Waals surface area (Å²) in [6.45, 7) is 3.51. The molecule has 1 N–H and O–H groups in total. The highest BCUT2D eigenvalue weighted by Crippen LogP contribution is 2.12. The molecule has 0 bridgehead atoms. The van der Waals surface area contributed by atoms with E-state index < -0.39 is 0 Å². The van der Waals surface area contributed by atoms with Crippen LogP contribution in [0.4, 0.5) is 4.39 Å². The van der Waals surface area contributed by atoms with Crippen molar-refractivity contribution in [3.05, 3.63) is 21.9 Å². The zero-order valence-corrected chi connectivity index (χ0v) is 8.09. The molecule has 0 atom stereocenters. The van der Waals surface area contributed by atoms with Crippen molar-refractivity contribution >= 4 is 11.3 Å². The van der Waals surface area contributed by atoms with E-state index in [9.17, 15) is 4.39 Å². The van der Waals surface area contributed by atoms with Crippen molar-refractivity contribution in [3.63, 3.8) is 0 Å². The Kier molecular flexibility index (Phi) is 4.25. The first kappa shape index (κ1) is 9.68. The quantitative estimate of drug-likeness (QED) is 0.698. The lowest BCUT2D eigenvalue weighted by atomic mass is 10.2. The van der Waals surface area contributed by atoms with Gasteiger partial charge in [0.1, 0.15) is 0 Å². The first-order chi connectivity index (χ1) is 5.84. The highest BCUT2D eigenvalue weighted by atomic mass is 32.1. The maximum absolute atomic E-state index is 11.7. The molecule has 12 heavy (non-hydrogen) atoms. The molecule has 0 aliphatic rings. The summed E-state index contributed by atoms with van der Waals surface area (Å²) in [6, 6.07) is 0. The van der Waals surface area contributed by atoms with E-state index in [0.717, 1.165) is 13.1 Å². The van der Waals surface area contributed by atoms with Crippen LogP contribution < -0.4 is 5.32 Å². The fraction of sp³-hybridized carbons (Fsp3) is 0.556. The molecule has 68 valence electrons. The molecule has 0 unspecified atom stereocenters. The second-order valence-electron chi connectivity index (χ2n) is 2.80. The minimum absolute atomic E-state index is 0.227. The molecule has 1 aromatic heterocycles. The summed E-state index contributed by atoms with van der Waals surface area (Å²) in [7, 11) is 0. The average Bonchev–Trinajstić information content (AvgIpc) is 2.46. The number of thiophene rings is 1. The Balaban J connectivity index is 2.20. The Hall–Kier alpha value is -0.410. The van der Waals surface area contributed by atoms with Crippen molar-refractivity contribution in [1.82, 2.24) is 5.32 Å². The number of aryl methyl sites for hydroxylation is 1. The van der Waals surface area contributed by atoms with Crippen molar-refractivity contribution in [3.8, 4) is 0 Å². The van der Waals surface area contributed by atoms with Gasteiger partial charge in [-0.1, -0.05) is 0 Å². The molecule has 0 saturated carbocycles. The van der Waals surface area contributed by atoms with Gasteiger partial charge in [-0.2, -0.15) is 11.3 Å². The van der Waals surface area contributed by atoms with Crippen molar-refractivity contribution in [2.45, 2.75) is 19.9 Å². The van der Waals surface area contributed by atoms with Crippen LogP contribution in [-0.4, -0.2) is 13.2 Å². The van der Waals surface area contributed by atoms with E-state index in [4.69, 9.17) is 0 Å². The number of nitrogens with one attached hydrogen (secondary N) is 1. The fourth-order valence-electron chi connectivity index (χ4n) is 0.983. The number of alkyl halides is 1. The molecule has 0 fully saturated rings. The third-order valence-corrected chi connectivity index (χ3v) is 2.67. The first-order valence-corrected chi connectivity index (χ1v) is 5.07. The Bertz CT molecular complexity index is 222. The molecule has 0 saturated heterocycles. The van der Waals surface area contributed by atoms with Crippen molar-refractivity contribution < 1.29 is 4.39 Å². The molecule has 0 amide bonds. The normalized spacial score (nSPS) is 10.5. The number of hydrogen-bond donors (Lipinski definition) is 1. The topological polar surface area (TPSA) is 12.0 Å². The van der Waals surface area contributed by atoms with Crippen molar-refractivity contribution in [2.24, 2.45) is 0 Å². The van der Waals surface area contributed by atoms with Gasteiger partial charge in [0, 0.05) is 6.54 Å². The lowest BCUT2D eigenvalue weighted by Gasteiger charge is -2.01. The minimum Gasteiger partial charge on any atom is -0.313 e. The van der Waals surface area contributed by atoms with Gasteiger partial charge in [-0.05, 0) is 41.8 Å². The summed E-state index contributed by atoms with van der Waals surface area (Å²) in [5.41, 5.74) is 2.66. The van der Waals surface area contributed by atoms with E-state index >= 15 is 0 Å². The monoisotopic (exact) mass is 187 g/mol. The Labute approximate surface area is 76.6 Å². The molecule has 0 radical (unpaired) electrons. The van der Waals surface area contributed by atoms with Crippen molar-refractivity contribution in [2.75, 3.05) is 13.2 Å². The van der Waals surface area contributed by atoms with Crippen LogP contribution in [-0.2, 0) is 6.54 Å². The average molecular weight is 187 g/mol. The van der Waals surface area contributed by atoms with E-state index in [1.807, 2.05) is 0 Å². The zero-order valence-electron chi connectivity index (χ0n) is 7.27. The van der Waals surface area contributed by atoms with E-state index in [1.165, 1.54) is 11.1 Å². The molecule has 1 nitrogen and oxygen atoms in total. The van der Waals surface area contributed by atoms with E-state index in [-0.39, 0.29) is 6.67 Å². The fourth-order valence-corrected chi connectivity index (χ4v) is 1.84. The SMILES string of the molecule is Cc1cscc1CNCCCF. The lowest BCUT2D eigenvalue weighted by Crippen LogP contribution is -2.15. The lowest BCUT2D eigenvalue weighted by molar-refractivity contribution is 0.459. The molecule has 3 heteroatoms. The summed E-state index contributed by atoms with van der Waals surface area (Å²) in [6.07, 6.45) is 0.614. The maximum atomic E-state index is 11.7. The summed E-state index contributed by atoms with van der Waals surface area (Å²) in [5.74, 6) is 0. The molecule has 0 aliphatic carbocycles. The van der Waals surface area contributed by atoms with Gasteiger partial charge in [0.05, 0.1) is 6.67 Å². The van der Waals surface area contributed by atoms with E-state index in [2.05, 4.69) is 23.0 Å². The highest BCUT2D eigenvalue weighted by molar-refractivity contribution is 7.08. The van der Waals surface area contributed by atoms with Crippen molar-refractivity contribution in [1.29, 1.82) is 0 Å². The van der Waals surface area contributed by atoms with Crippen LogP contribution in [0.5, 0.6) is 0 Å². The number of hydrogen-bond acceptors (Lipinski definition) is 2. The van der Waals surface area contributed by atoms with Gasteiger partial charge in [0.2, 0.25) is 0 Å². The third kappa shape index (κ3) is 2.91. The summed E-state index contributed by atoms with van der Waals surface area (Å²) in [5, 5.41) is 7.46. The van der Waals surface area contributed by atoms with E-state index in [0.29, 0.717) is 6.42 Å². The number of halogens is 1. The van der Waals surface area contributed by atoms with Gasteiger partial charge in [-0.25, -0.2) is 0 Å². The van der Waals surface area contributed by atoms with Crippen LogP contribution in [0.2, 0.25) is 0 Å². The van der Waals surface area contributed by atoms with Gasteiger partial charge < -0.3 is 5.32 Å². The Morgan fingerprint density at radius 1 is 1.50 bits per heavy atom. The molecule has 0 spiro atoms. The van der Waals surface area contributed by atoms with Gasteiger partial charge in [-0.15, -0.1) is 0 Å².